The topological polar surface area (TPSA) is 74.8 Å². The van der Waals surface area contributed by atoms with E-state index in [2.05, 4.69) is 15.0 Å². The van der Waals surface area contributed by atoms with Crippen molar-refractivity contribution in [3.63, 3.8) is 0 Å². The summed E-state index contributed by atoms with van der Waals surface area (Å²) in [5.74, 6) is 0.775. The van der Waals surface area contributed by atoms with Crippen LogP contribution in [0.25, 0.3) is 0 Å². The van der Waals surface area contributed by atoms with Crippen molar-refractivity contribution < 1.29 is 4.79 Å². The second-order valence-electron chi connectivity index (χ2n) is 5.63. The summed E-state index contributed by atoms with van der Waals surface area (Å²) in [5, 5.41) is 13.5. The van der Waals surface area contributed by atoms with Crippen LogP contribution in [0.15, 0.2) is 24.5 Å². The Morgan fingerprint density at radius 2 is 2.35 bits per heavy atom. The van der Waals surface area contributed by atoms with Crippen LogP contribution in [0.4, 0.5) is 5.82 Å². The lowest BCUT2D eigenvalue weighted by atomic mass is 10.0. The third kappa shape index (κ3) is 3.20. The number of hydrogen-bond donors (Lipinski definition) is 0. The third-order valence-corrected chi connectivity index (χ3v) is 4.36. The van der Waals surface area contributed by atoms with Crippen molar-refractivity contribution >= 4 is 23.2 Å². The van der Waals surface area contributed by atoms with Gasteiger partial charge >= 0.3 is 0 Å². The van der Waals surface area contributed by atoms with Gasteiger partial charge in [0.1, 0.15) is 11.9 Å². The number of Topliss-reactive ketones (excluding diaryl/α,β-unsaturated/α-hetero) is 1. The summed E-state index contributed by atoms with van der Waals surface area (Å²) >= 11 is 5.94. The fraction of sp³-hybridized carbons (Fsp3) is 0.375. The molecule has 1 saturated heterocycles. The zero-order valence-corrected chi connectivity index (χ0v) is 13.5. The number of carbonyl (C=O) groups is 1. The molecule has 6 nitrogen and oxygen atoms in total. The number of aromatic nitrogens is 3. The monoisotopic (exact) mass is 329 g/mol. The first-order valence-corrected chi connectivity index (χ1v) is 7.81. The van der Waals surface area contributed by atoms with Crippen molar-refractivity contribution in [1.29, 1.82) is 5.26 Å². The van der Waals surface area contributed by atoms with E-state index in [4.69, 9.17) is 16.9 Å². The predicted octanol–water partition coefficient (Wildman–Crippen LogP) is 2.58. The minimum Gasteiger partial charge on any atom is -0.353 e. The smallest absolute Gasteiger partial charge is 0.168 e. The molecule has 2 aromatic heterocycles. The largest absolute Gasteiger partial charge is 0.353 e. The van der Waals surface area contributed by atoms with Crippen LogP contribution in [-0.2, 0) is 7.05 Å². The highest BCUT2D eigenvalue weighted by Gasteiger charge is 2.28. The van der Waals surface area contributed by atoms with Crippen LogP contribution in [-0.4, -0.2) is 33.1 Å². The Hall–Kier alpha value is -2.39. The van der Waals surface area contributed by atoms with E-state index in [0.717, 1.165) is 19.4 Å². The number of hydrogen-bond acceptors (Lipinski definition) is 5. The maximum atomic E-state index is 12.4. The molecule has 0 spiro atoms. The molecule has 0 saturated carbocycles. The Labute approximate surface area is 139 Å². The Morgan fingerprint density at radius 1 is 1.52 bits per heavy atom. The van der Waals surface area contributed by atoms with Crippen molar-refractivity contribution in [2.45, 2.75) is 25.3 Å². The van der Waals surface area contributed by atoms with E-state index < -0.39 is 0 Å². The summed E-state index contributed by atoms with van der Waals surface area (Å²) in [7, 11) is 1.79. The molecule has 0 unspecified atom stereocenters. The molecule has 0 aromatic carbocycles. The van der Waals surface area contributed by atoms with E-state index >= 15 is 0 Å². The molecule has 7 heteroatoms. The lowest BCUT2D eigenvalue weighted by Gasteiger charge is -2.25. The first-order chi connectivity index (χ1) is 11.1. The van der Waals surface area contributed by atoms with Crippen molar-refractivity contribution in [1.82, 2.24) is 14.8 Å². The van der Waals surface area contributed by atoms with Gasteiger partial charge in [-0.2, -0.15) is 10.4 Å². The van der Waals surface area contributed by atoms with Crippen LogP contribution in [0, 0.1) is 11.3 Å². The minimum absolute atomic E-state index is 0.0736. The van der Waals surface area contributed by atoms with Crippen molar-refractivity contribution in [2.24, 2.45) is 7.05 Å². The van der Waals surface area contributed by atoms with Gasteiger partial charge in [-0.05, 0) is 25.0 Å². The summed E-state index contributed by atoms with van der Waals surface area (Å²) in [6, 6.07) is 5.56. The first kappa shape index (κ1) is 15.5. The highest BCUT2D eigenvalue weighted by atomic mass is 35.5. The molecule has 23 heavy (non-hydrogen) atoms. The fourth-order valence-corrected chi connectivity index (χ4v) is 3.06. The van der Waals surface area contributed by atoms with E-state index in [0.29, 0.717) is 22.8 Å². The molecule has 0 radical (unpaired) electrons. The lowest BCUT2D eigenvalue weighted by molar-refractivity contribution is 0.0974. The van der Waals surface area contributed by atoms with Gasteiger partial charge in [-0.3, -0.25) is 9.48 Å². The normalized spacial score (nSPS) is 17.3. The Morgan fingerprint density at radius 3 is 3.04 bits per heavy atom. The molecular formula is C16H16ClN5O. The quantitative estimate of drug-likeness (QED) is 0.806. The van der Waals surface area contributed by atoms with Crippen molar-refractivity contribution in [3.8, 4) is 6.07 Å². The molecule has 1 aliphatic rings. The van der Waals surface area contributed by atoms with Gasteiger partial charge < -0.3 is 4.90 Å². The number of halogens is 1. The summed E-state index contributed by atoms with van der Waals surface area (Å²) in [5.41, 5.74) is 0.842. The molecule has 1 aliphatic heterocycles. The Balaban J connectivity index is 1.78. The standard InChI is InChI=1S/C16H16ClN5O/c1-21-10-11(9-19-21)15(23)7-12-3-2-6-22(12)16-5-4-13(17)14(8-18)20-16/h4-5,9-10,12H,2-3,6-7H2,1H3/t12-/m1/s1. The van der Waals surface area contributed by atoms with Crippen molar-refractivity contribution in [3.05, 3.63) is 40.8 Å². The van der Waals surface area contributed by atoms with E-state index in [9.17, 15) is 4.79 Å². The number of pyridine rings is 1. The number of ketones is 1. The second-order valence-corrected chi connectivity index (χ2v) is 6.04. The van der Waals surface area contributed by atoms with Crippen LogP contribution in [0.2, 0.25) is 5.02 Å². The van der Waals surface area contributed by atoms with Gasteiger partial charge in [0.15, 0.2) is 11.5 Å². The first-order valence-electron chi connectivity index (χ1n) is 7.43. The summed E-state index contributed by atoms with van der Waals surface area (Å²) in [6.07, 6.45) is 5.67. The van der Waals surface area contributed by atoms with Crippen LogP contribution < -0.4 is 4.90 Å². The molecule has 2 aromatic rings. The van der Waals surface area contributed by atoms with E-state index in [1.54, 1.807) is 36.3 Å². The number of rotatable bonds is 4. The molecule has 0 amide bonds. The molecule has 1 atom stereocenters. The molecule has 3 rings (SSSR count). The molecule has 3 heterocycles. The van der Waals surface area contributed by atoms with Gasteiger partial charge in [0, 0.05) is 32.3 Å². The van der Waals surface area contributed by atoms with E-state index in [1.165, 1.54) is 0 Å². The van der Waals surface area contributed by atoms with Gasteiger partial charge in [0.25, 0.3) is 0 Å². The van der Waals surface area contributed by atoms with Gasteiger partial charge in [-0.1, -0.05) is 11.6 Å². The molecule has 0 aliphatic carbocycles. The van der Waals surface area contributed by atoms with Gasteiger partial charge in [0.05, 0.1) is 16.8 Å². The van der Waals surface area contributed by atoms with Crippen LogP contribution in [0.1, 0.15) is 35.3 Å². The van der Waals surface area contributed by atoms with Gasteiger partial charge in [-0.25, -0.2) is 4.98 Å². The average Bonchev–Trinajstić information content (AvgIpc) is 3.17. The van der Waals surface area contributed by atoms with Gasteiger partial charge in [0.2, 0.25) is 0 Å². The second kappa shape index (κ2) is 6.39. The highest BCUT2D eigenvalue weighted by molar-refractivity contribution is 6.31. The predicted molar refractivity (Wildman–Crippen MR) is 86.5 cm³/mol. The maximum absolute atomic E-state index is 12.4. The highest BCUT2D eigenvalue weighted by Crippen LogP contribution is 2.28. The fourth-order valence-electron chi connectivity index (χ4n) is 2.92. The zero-order valence-electron chi connectivity index (χ0n) is 12.7. The summed E-state index contributed by atoms with van der Waals surface area (Å²) in [4.78, 5) is 18.8. The molecule has 118 valence electrons. The number of nitrogens with zero attached hydrogens (tertiary/aromatic N) is 5. The van der Waals surface area contributed by atoms with E-state index in [-0.39, 0.29) is 17.5 Å². The van der Waals surface area contributed by atoms with E-state index in [1.807, 2.05) is 6.07 Å². The number of aryl methyl sites for hydroxylation is 1. The Bertz CT molecular complexity index is 779. The van der Waals surface area contributed by atoms with Crippen molar-refractivity contribution in [2.75, 3.05) is 11.4 Å². The molecular weight excluding hydrogens is 314 g/mol. The molecule has 1 fully saturated rings. The summed E-state index contributed by atoms with van der Waals surface area (Å²) < 4.78 is 1.62. The maximum Gasteiger partial charge on any atom is 0.168 e. The number of carbonyl (C=O) groups excluding carboxylic acids is 1. The van der Waals surface area contributed by atoms with Crippen LogP contribution in [0.3, 0.4) is 0 Å². The summed E-state index contributed by atoms with van der Waals surface area (Å²) in [6.45, 7) is 0.824. The number of nitriles is 1. The molecule has 0 bridgehead atoms. The third-order valence-electron chi connectivity index (χ3n) is 4.06. The SMILES string of the molecule is Cn1cc(C(=O)C[C@H]2CCCN2c2ccc(Cl)c(C#N)n2)cn1. The molecule has 0 N–H and O–H groups in total. The van der Waals surface area contributed by atoms with Crippen LogP contribution >= 0.6 is 11.6 Å². The lowest BCUT2D eigenvalue weighted by Crippen LogP contribution is -2.32. The zero-order chi connectivity index (χ0) is 16.4. The van der Waals surface area contributed by atoms with Gasteiger partial charge in [-0.15, -0.1) is 0 Å². The van der Waals surface area contributed by atoms with Crippen LogP contribution in [0.5, 0.6) is 0 Å². The minimum atomic E-state index is 0.0736. The number of anilines is 1. The average molecular weight is 330 g/mol. The Kier molecular flexibility index (Phi) is 4.30.